The molecule has 4 heteroatoms. The highest BCUT2D eigenvalue weighted by atomic mass is 16.3. The molecule has 0 spiro atoms. The van der Waals surface area contributed by atoms with Gasteiger partial charge < -0.3 is 15.9 Å². The lowest BCUT2D eigenvalue weighted by Gasteiger charge is -2.05. The fourth-order valence-electron chi connectivity index (χ4n) is 1.59. The molecule has 0 radical (unpaired) electrons. The maximum absolute atomic E-state index is 11.4. The normalized spacial score (nSPS) is 10.3. The van der Waals surface area contributed by atoms with E-state index in [-0.39, 0.29) is 5.78 Å². The summed E-state index contributed by atoms with van der Waals surface area (Å²) in [6.07, 6.45) is 2.92. The number of nitrogen functional groups attached to an aromatic ring is 2. The summed E-state index contributed by atoms with van der Waals surface area (Å²) < 4.78 is 5.04. The third-order valence-corrected chi connectivity index (χ3v) is 2.41. The standard InChI is InChI=1S/C12H12N2O2/c1-7(15)10-5-16-6-11(10)9-4-8(13)2-3-12(9)14/h2-6H,13-14H2,1H3. The smallest absolute Gasteiger partial charge is 0.163 e. The lowest BCUT2D eigenvalue weighted by molar-refractivity contribution is 0.101. The number of hydrogen-bond donors (Lipinski definition) is 2. The van der Waals surface area contributed by atoms with Gasteiger partial charge in [0.15, 0.2) is 5.78 Å². The molecule has 2 aromatic rings. The predicted molar refractivity (Wildman–Crippen MR) is 63.0 cm³/mol. The molecule has 0 unspecified atom stereocenters. The maximum atomic E-state index is 11.4. The number of furan rings is 1. The van der Waals surface area contributed by atoms with Crippen LogP contribution in [0.25, 0.3) is 11.1 Å². The lowest BCUT2D eigenvalue weighted by atomic mass is 10.0. The van der Waals surface area contributed by atoms with Crippen molar-refractivity contribution in [2.45, 2.75) is 6.92 Å². The van der Waals surface area contributed by atoms with Crippen LogP contribution >= 0.6 is 0 Å². The third kappa shape index (κ3) is 1.65. The van der Waals surface area contributed by atoms with Crippen LogP contribution in [0.5, 0.6) is 0 Å². The first-order valence-corrected chi connectivity index (χ1v) is 4.82. The van der Waals surface area contributed by atoms with Gasteiger partial charge in [0.05, 0.1) is 11.8 Å². The van der Waals surface area contributed by atoms with E-state index in [1.54, 1.807) is 18.2 Å². The molecule has 1 heterocycles. The van der Waals surface area contributed by atoms with Crippen LogP contribution in [0.4, 0.5) is 11.4 Å². The number of anilines is 2. The van der Waals surface area contributed by atoms with Crippen LogP contribution < -0.4 is 11.5 Å². The van der Waals surface area contributed by atoms with Gasteiger partial charge in [0.25, 0.3) is 0 Å². The first-order valence-electron chi connectivity index (χ1n) is 4.82. The van der Waals surface area contributed by atoms with Crippen LogP contribution in [-0.4, -0.2) is 5.78 Å². The number of nitrogens with two attached hydrogens (primary N) is 2. The summed E-state index contributed by atoms with van der Waals surface area (Å²) in [6.45, 7) is 1.48. The Morgan fingerprint density at radius 3 is 2.62 bits per heavy atom. The first kappa shape index (κ1) is 10.3. The fraction of sp³-hybridized carbons (Fsp3) is 0.0833. The van der Waals surface area contributed by atoms with Crippen molar-refractivity contribution in [1.29, 1.82) is 0 Å². The van der Waals surface area contributed by atoms with Gasteiger partial charge in [0.2, 0.25) is 0 Å². The van der Waals surface area contributed by atoms with Gasteiger partial charge in [-0.05, 0) is 25.1 Å². The minimum Gasteiger partial charge on any atom is -0.471 e. The molecule has 0 atom stereocenters. The van der Waals surface area contributed by atoms with Crippen LogP contribution in [0.2, 0.25) is 0 Å². The van der Waals surface area contributed by atoms with Crippen LogP contribution in [0, 0.1) is 0 Å². The Morgan fingerprint density at radius 2 is 1.94 bits per heavy atom. The third-order valence-electron chi connectivity index (χ3n) is 2.41. The molecule has 16 heavy (non-hydrogen) atoms. The number of carbonyl (C=O) groups is 1. The van der Waals surface area contributed by atoms with E-state index >= 15 is 0 Å². The highest BCUT2D eigenvalue weighted by molar-refractivity contribution is 6.02. The molecule has 0 saturated heterocycles. The summed E-state index contributed by atoms with van der Waals surface area (Å²) in [5, 5.41) is 0. The fourth-order valence-corrected chi connectivity index (χ4v) is 1.59. The summed E-state index contributed by atoms with van der Waals surface area (Å²) in [5.74, 6) is -0.0643. The molecule has 0 amide bonds. The molecule has 4 nitrogen and oxygen atoms in total. The molecule has 1 aromatic heterocycles. The van der Waals surface area contributed by atoms with Crippen molar-refractivity contribution >= 4 is 17.2 Å². The van der Waals surface area contributed by atoms with Gasteiger partial charge in [-0.1, -0.05) is 0 Å². The molecule has 4 N–H and O–H groups in total. The van der Waals surface area contributed by atoms with E-state index in [9.17, 15) is 4.79 Å². The zero-order valence-corrected chi connectivity index (χ0v) is 8.86. The molecule has 0 aliphatic heterocycles. The predicted octanol–water partition coefficient (Wildman–Crippen LogP) is 2.31. The Morgan fingerprint density at radius 1 is 1.19 bits per heavy atom. The molecule has 2 rings (SSSR count). The van der Waals surface area contributed by atoms with Crippen molar-refractivity contribution in [3.63, 3.8) is 0 Å². The average Bonchev–Trinajstić information content (AvgIpc) is 2.70. The van der Waals surface area contributed by atoms with Gasteiger partial charge in [-0.2, -0.15) is 0 Å². The largest absolute Gasteiger partial charge is 0.471 e. The van der Waals surface area contributed by atoms with Crippen molar-refractivity contribution in [2.24, 2.45) is 0 Å². The highest BCUT2D eigenvalue weighted by Crippen LogP contribution is 2.31. The molecule has 0 aliphatic rings. The molecular formula is C12H12N2O2. The van der Waals surface area contributed by atoms with Gasteiger partial charge in [0.1, 0.15) is 6.26 Å². The minimum absolute atomic E-state index is 0.0643. The van der Waals surface area contributed by atoms with Gasteiger partial charge in [0, 0.05) is 22.5 Å². The molecular weight excluding hydrogens is 204 g/mol. The maximum Gasteiger partial charge on any atom is 0.163 e. The van der Waals surface area contributed by atoms with Crippen molar-refractivity contribution in [1.82, 2.24) is 0 Å². The summed E-state index contributed by atoms with van der Waals surface area (Å²) in [6, 6.07) is 5.15. The minimum atomic E-state index is -0.0643. The van der Waals surface area contributed by atoms with Gasteiger partial charge in [-0.15, -0.1) is 0 Å². The van der Waals surface area contributed by atoms with Gasteiger partial charge in [-0.25, -0.2) is 0 Å². The number of benzene rings is 1. The summed E-state index contributed by atoms with van der Waals surface area (Å²) in [7, 11) is 0. The Bertz CT molecular complexity index is 544. The Kier molecular flexibility index (Phi) is 2.40. The van der Waals surface area contributed by atoms with E-state index in [2.05, 4.69) is 0 Å². The van der Waals surface area contributed by atoms with E-state index in [4.69, 9.17) is 15.9 Å². The van der Waals surface area contributed by atoms with Crippen LogP contribution in [0.3, 0.4) is 0 Å². The van der Waals surface area contributed by atoms with Crippen molar-refractivity contribution in [3.8, 4) is 11.1 Å². The zero-order valence-electron chi connectivity index (χ0n) is 8.86. The van der Waals surface area contributed by atoms with E-state index in [1.807, 2.05) is 0 Å². The molecule has 0 fully saturated rings. The second-order valence-electron chi connectivity index (χ2n) is 3.60. The van der Waals surface area contributed by atoms with Crippen LogP contribution in [0.15, 0.2) is 35.1 Å². The molecule has 0 aliphatic carbocycles. The average molecular weight is 216 g/mol. The number of hydrogen-bond acceptors (Lipinski definition) is 4. The monoisotopic (exact) mass is 216 g/mol. The number of carbonyl (C=O) groups excluding carboxylic acids is 1. The van der Waals surface area contributed by atoms with Crippen molar-refractivity contribution in [3.05, 3.63) is 36.3 Å². The topological polar surface area (TPSA) is 82.2 Å². The number of Topliss-reactive ketones (excluding diaryl/α,β-unsaturated/α-hetero) is 1. The number of ketones is 1. The first-order chi connectivity index (χ1) is 7.59. The highest BCUT2D eigenvalue weighted by Gasteiger charge is 2.14. The summed E-state index contributed by atoms with van der Waals surface area (Å²) >= 11 is 0. The van der Waals surface area contributed by atoms with Crippen LogP contribution in [-0.2, 0) is 0 Å². The van der Waals surface area contributed by atoms with E-state index in [1.165, 1.54) is 19.5 Å². The quantitative estimate of drug-likeness (QED) is 0.596. The second kappa shape index (κ2) is 3.73. The lowest BCUT2D eigenvalue weighted by Crippen LogP contribution is -1.96. The molecule has 0 bridgehead atoms. The Hall–Kier alpha value is -2.23. The number of rotatable bonds is 2. The van der Waals surface area contributed by atoms with E-state index in [0.29, 0.717) is 22.5 Å². The molecule has 82 valence electrons. The van der Waals surface area contributed by atoms with Crippen molar-refractivity contribution in [2.75, 3.05) is 11.5 Å². The van der Waals surface area contributed by atoms with Gasteiger partial charge >= 0.3 is 0 Å². The summed E-state index contributed by atoms with van der Waals surface area (Å²) in [4.78, 5) is 11.4. The molecule has 0 saturated carbocycles. The van der Waals surface area contributed by atoms with Crippen LogP contribution in [0.1, 0.15) is 17.3 Å². The Labute approximate surface area is 92.9 Å². The summed E-state index contributed by atoms with van der Waals surface area (Å²) in [5.41, 5.74) is 14.6. The second-order valence-corrected chi connectivity index (χ2v) is 3.60. The SMILES string of the molecule is CC(=O)c1cocc1-c1cc(N)ccc1N. The van der Waals surface area contributed by atoms with Gasteiger partial charge in [-0.3, -0.25) is 4.79 Å². The zero-order chi connectivity index (χ0) is 11.7. The van der Waals surface area contributed by atoms with E-state index in [0.717, 1.165) is 5.56 Å². The van der Waals surface area contributed by atoms with E-state index < -0.39 is 0 Å². The molecule has 1 aromatic carbocycles. The van der Waals surface area contributed by atoms with Crippen molar-refractivity contribution < 1.29 is 9.21 Å². The Balaban J connectivity index is 2.62.